The van der Waals surface area contributed by atoms with Crippen molar-refractivity contribution >= 4 is 11.5 Å². The van der Waals surface area contributed by atoms with Gasteiger partial charge in [-0.05, 0) is 30.7 Å². The van der Waals surface area contributed by atoms with Crippen LogP contribution in [0.5, 0.6) is 0 Å². The van der Waals surface area contributed by atoms with E-state index < -0.39 is 0 Å². The Bertz CT molecular complexity index is 572. The molecule has 0 fully saturated rings. The van der Waals surface area contributed by atoms with Crippen molar-refractivity contribution in [3.8, 4) is 0 Å². The van der Waals surface area contributed by atoms with E-state index in [-0.39, 0.29) is 5.84 Å². The Labute approximate surface area is 118 Å². The number of anilines is 1. The molecule has 6 nitrogen and oxygen atoms in total. The van der Waals surface area contributed by atoms with Crippen LogP contribution in [0, 0.1) is 5.41 Å². The van der Waals surface area contributed by atoms with Crippen LogP contribution >= 0.6 is 0 Å². The Hall–Kier alpha value is -2.37. The van der Waals surface area contributed by atoms with Crippen molar-refractivity contribution in [2.45, 2.75) is 26.4 Å². The fraction of sp³-hybridized carbons (Fsp3) is 0.357. The van der Waals surface area contributed by atoms with Crippen LogP contribution in [0.3, 0.4) is 0 Å². The maximum absolute atomic E-state index is 7.39. The number of amidine groups is 1. The summed E-state index contributed by atoms with van der Waals surface area (Å²) in [6, 6.07) is 7.62. The van der Waals surface area contributed by atoms with Gasteiger partial charge in [-0.1, -0.05) is 6.92 Å². The molecule has 0 aliphatic carbocycles. The lowest BCUT2D eigenvalue weighted by molar-refractivity contribution is 0.566. The zero-order chi connectivity index (χ0) is 14.5. The second-order valence-electron chi connectivity index (χ2n) is 4.72. The lowest BCUT2D eigenvalue weighted by Crippen LogP contribution is -2.20. The number of nitrogens with two attached hydrogens (primary N) is 1. The van der Waals surface area contributed by atoms with Crippen molar-refractivity contribution in [3.63, 3.8) is 0 Å². The molecule has 2 aromatic rings. The van der Waals surface area contributed by atoms with E-state index >= 15 is 0 Å². The summed E-state index contributed by atoms with van der Waals surface area (Å²) in [6.45, 7) is 3.70. The molecular formula is C14H20N6. The average Bonchev–Trinajstić information content (AvgIpc) is 2.86. The topological polar surface area (TPSA) is 83.8 Å². The third-order valence-corrected chi connectivity index (χ3v) is 3.13. The molecule has 1 heterocycles. The number of benzene rings is 1. The van der Waals surface area contributed by atoms with Crippen molar-refractivity contribution in [3.05, 3.63) is 42.0 Å². The maximum Gasteiger partial charge on any atom is 0.146 e. The number of hydrogen-bond donors (Lipinski definition) is 2. The molecule has 1 aromatic carbocycles. The molecule has 0 unspecified atom stereocenters. The van der Waals surface area contributed by atoms with E-state index in [9.17, 15) is 0 Å². The van der Waals surface area contributed by atoms with Gasteiger partial charge in [-0.25, -0.2) is 9.67 Å². The molecule has 0 saturated heterocycles. The molecule has 6 heteroatoms. The zero-order valence-corrected chi connectivity index (χ0v) is 11.9. The lowest BCUT2D eigenvalue weighted by Gasteiger charge is -2.19. The Morgan fingerprint density at radius 1 is 1.35 bits per heavy atom. The Balaban J connectivity index is 2.09. The number of nitrogens with one attached hydrogen (secondary N) is 1. The van der Waals surface area contributed by atoms with Crippen LogP contribution in [0.2, 0.25) is 0 Å². The predicted molar refractivity (Wildman–Crippen MR) is 79.9 cm³/mol. The van der Waals surface area contributed by atoms with Crippen LogP contribution in [-0.2, 0) is 13.1 Å². The summed E-state index contributed by atoms with van der Waals surface area (Å²) >= 11 is 0. The number of aryl methyl sites for hydroxylation is 1. The number of aromatic nitrogens is 3. The molecule has 0 aliphatic rings. The molecule has 0 bridgehead atoms. The molecular weight excluding hydrogens is 252 g/mol. The number of rotatable bonds is 6. The van der Waals surface area contributed by atoms with Crippen molar-refractivity contribution in [2.24, 2.45) is 5.73 Å². The van der Waals surface area contributed by atoms with E-state index in [0.29, 0.717) is 6.54 Å². The van der Waals surface area contributed by atoms with Crippen molar-refractivity contribution in [1.82, 2.24) is 14.8 Å². The fourth-order valence-electron chi connectivity index (χ4n) is 2.01. The first kappa shape index (κ1) is 14.0. The first-order valence-corrected chi connectivity index (χ1v) is 6.64. The van der Waals surface area contributed by atoms with Crippen LogP contribution in [0.15, 0.2) is 30.6 Å². The van der Waals surface area contributed by atoms with Gasteiger partial charge in [0.25, 0.3) is 0 Å². The molecule has 20 heavy (non-hydrogen) atoms. The lowest BCUT2D eigenvalue weighted by atomic mass is 10.2. The standard InChI is InChI=1S/C14H20N6/c1-3-8-20-13(17-10-18-20)9-19(2)12-6-4-11(5-7-12)14(15)16/h4-7,10H,3,8-9H2,1-2H3,(H3,15,16). The van der Waals surface area contributed by atoms with Gasteiger partial charge in [-0.2, -0.15) is 5.10 Å². The van der Waals surface area contributed by atoms with E-state index in [1.165, 1.54) is 0 Å². The summed E-state index contributed by atoms with van der Waals surface area (Å²) in [7, 11) is 2.01. The van der Waals surface area contributed by atoms with Gasteiger partial charge in [0.1, 0.15) is 18.0 Å². The highest BCUT2D eigenvalue weighted by Gasteiger charge is 2.08. The summed E-state index contributed by atoms with van der Waals surface area (Å²) in [5, 5.41) is 11.6. The highest BCUT2D eigenvalue weighted by molar-refractivity contribution is 5.95. The second-order valence-corrected chi connectivity index (χ2v) is 4.72. The second kappa shape index (κ2) is 6.18. The minimum Gasteiger partial charge on any atom is -0.384 e. The van der Waals surface area contributed by atoms with Crippen molar-refractivity contribution < 1.29 is 0 Å². The summed E-state index contributed by atoms with van der Waals surface area (Å²) in [5.74, 6) is 1.03. The summed E-state index contributed by atoms with van der Waals surface area (Å²) in [5.41, 5.74) is 7.24. The molecule has 0 aliphatic heterocycles. The van der Waals surface area contributed by atoms with Crippen molar-refractivity contribution in [2.75, 3.05) is 11.9 Å². The Morgan fingerprint density at radius 3 is 2.65 bits per heavy atom. The summed E-state index contributed by atoms with van der Waals surface area (Å²) in [6.07, 6.45) is 2.63. The van der Waals surface area contributed by atoms with Gasteiger partial charge >= 0.3 is 0 Å². The number of nitrogens with zero attached hydrogens (tertiary/aromatic N) is 4. The highest BCUT2D eigenvalue weighted by atomic mass is 15.3. The van der Waals surface area contributed by atoms with Gasteiger partial charge < -0.3 is 10.6 Å². The van der Waals surface area contributed by atoms with Crippen molar-refractivity contribution in [1.29, 1.82) is 5.41 Å². The van der Waals surface area contributed by atoms with E-state index in [1.807, 2.05) is 36.0 Å². The summed E-state index contributed by atoms with van der Waals surface area (Å²) in [4.78, 5) is 6.40. The molecule has 0 atom stereocenters. The molecule has 0 amide bonds. The van der Waals surface area contributed by atoms with Gasteiger partial charge in [0.15, 0.2) is 0 Å². The third kappa shape index (κ3) is 3.14. The zero-order valence-electron chi connectivity index (χ0n) is 11.9. The fourth-order valence-corrected chi connectivity index (χ4v) is 2.01. The largest absolute Gasteiger partial charge is 0.384 e. The van der Waals surface area contributed by atoms with Crippen LogP contribution in [0.25, 0.3) is 0 Å². The first-order chi connectivity index (χ1) is 9.61. The number of nitrogen functional groups attached to an aromatic ring is 1. The van der Waals surface area contributed by atoms with Crippen LogP contribution in [-0.4, -0.2) is 27.6 Å². The summed E-state index contributed by atoms with van der Waals surface area (Å²) < 4.78 is 1.93. The molecule has 0 saturated carbocycles. The Kier molecular flexibility index (Phi) is 4.34. The molecule has 3 N–H and O–H groups in total. The predicted octanol–water partition coefficient (Wildman–Crippen LogP) is 1.61. The molecule has 2 rings (SSSR count). The molecule has 0 radical (unpaired) electrons. The molecule has 1 aromatic heterocycles. The monoisotopic (exact) mass is 272 g/mol. The van der Waals surface area contributed by atoms with Gasteiger partial charge in [-0.15, -0.1) is 0 Å². The first-order valence-electron chi connectivity index (χ1n) is 6.64. The van der Waals surface area contributed by atoms with E-state index in [4.69, 9.17) is 11.1 Å². The molecule has 106 valence electrons. The quantitative estimate of drug-likeness (QED) is 0.618. The SMILES string of the molecule is CCCn1ncnc1CN(C)c1ccc(C(=N)N)cc1. The minimum absolute atomic E-state index is 0.0851. The van der Waals surface area contributed by atoms with E-state index in [1.54, 1.807) is 6.33 Å². The smallest absolute Gasteiger partial charge is 0.146 e. The normalized spacial score (nSPS) is 10.5. The van der Waals surface area contributed by atoms with Gasteiger partial charge in [0, 0.05) is 24.8 Å². The maximum atomic E-state index is 7.39. The van der Waals surface area contributed by atoms with Crippen LogP contribution in [0.1, 0.15) is 24.7 Å². The minimum atomic E-state index is 0.0851. The number of hydrogen-bond acceptors (Lipinski definition) is 4. The van der Waals surface area contributed by atoms with E-state index in [0.717, 1.165) is 30.0 Å². The third-order valence-electron chi connectivity index (χ3n) is 3.13. The highest BCUT2D eigenvalue weighted by Crippen LogP contribution is 2.15. The van der Waals surface area contributed by atoms with Crippen LogP contribution in [0.4, 0.5) is 5.69 Å². The van der Waals surface area contributed by atoms with Crippen LogP contribution < -0.4 is 10.6 Å². The molecule has 0 spiro atoms. The average molecular weight is 272 g/mol. The van der Waals surface area contributed by atoms with Gasteiger partial charge in [0.05, 0.1) is 6.54 Å². The Morgan fingerprint density at radius 2 is 2.05 bits per heavy atom. The van der Waals surface area contributed by atoms with Gasteiger partial charge in [0.2, 0.25) is 0 Å². The van der Waals surface area contributed by atoms with Gasteiger partial charge in [-0.3, -0.25) is 5.41 Å². The van der Waals surface area contributed by atoms with E-state index in [2.05, 4.69) is 21.9 Å².